The van der Waals surface area contributed by atoms with E-state index in [1.165, 1.54) is 17.1 Å². The van der Waals surface area contributed by atoms with Crippen LogP contribution < -0.4 is 16.2 Å². The molecule has 0 saturated carbocycles. The lowest BCUT2D eigenvalue weighted by atomic mass is 10.1. The summed E-state index contributed by atoms with van der Waals surface area (Å²) in [5, 5.41) is 10.1. The number of nitrogens with zero attached hydrogens (tertiary/aromatic N) is 5. The molecule has 1 saturated heterocycles. The van der Waals surface area contributed by atoms with Crippen LogP contribution in [0.4, 0.5) is 5.82 Å². The van der Waals surface area contributed by atoms with Gasteiger partial charge in [-0.15, -0.1) is 0 Å². The summed E-state index contributed by atoms with van der Waals surface area (Å²) < 4.78 is 5.44. The third kappa shape index (κ3) is 2.53. The number of carboxylic acid groups (broad SMARTS) is 1. The molecule has 10 nitrogen and oxygen atoms in total. The molecule has 3 N–H and O–H groups in total. The Morgan fingerprint density at radius 3 is 2.85 bits per heavy atom. The van der Waals surface area contributed by atoms with Crippen molar-refractivity contribution >= 4 is 34.4 Å². The highest BCUT2D eigenvalue weighted by atomic mass is 32.1. The lowest BCUT2D eigenvalue weighted by Gasteiger charge is -2.38. The SMILES string of the molecule is Cc1cc(N2CC(ON)C2)nc2c1c(=O)c(C(=O)O)cn2-c1ncns1. The second kappa shape index (κ2) is 6.12. The summed E-state index contributed by atoms with van der Waals surface area (Å²) in [6, 6.07) is 1.76. The van der Waals surface area contributed by atoms with E-state index in [0.717, 1.165) is 11.5 Å². The first kappa shape index (κ1) is 16.6. The lowest BCUT2D eigenvalue weighted by Crippen LogP contribution is -2.53. The second-order valence-electron chi connectivity index (χ2n) is 5.93. The topological polar surface area (TPSA) is 136 Å². The van der Waals surface area contributed by atoms with Crippen molar-refractivity contribution in [1.82, 2.24) is 18.9 Å². The average Bonchev–Trinajstić information content (AvgIpc) is 3.07. The van der Waals surface area contributed by atoms with Crippen molar-refractivity contribution < 1.29 is 14.7 Å². The van der Waals surface area contributed by atoms with Crippen molar-refractivity contribution in [2.75, 3.05) is 18.0 Å². The molecule has 0 radical (unpaired) electrons. The van der Waals surface area contributed by atoms with Crippen LogP contribution in [0.1, 0.15) is 15.9 Å². The molecule has 0 bridgehead atoms. The van der Waals surface area contributed by atoms with E-state index < -0.39 is 11.4 Å². The number of aromatic carboxylic acids is 1. The highest BCUT2D eigenvalue weighted by molar-refractivity contribution is 7.08. The Labute approximate surface area is 150 Å². The molecule has 1 aliphatic heterocycles. The van der Waals surface area contributed by atoms with E-state index in [-0.39, 0.29) is 17.1 Å². The lowest BCUT2D eigenvalue weighted by molar-refractivity contribution is 0.0336. The Kier molecular flexibility index (Phi) is 3.90. The van der Waals surface area contributed by atoms with Crippen molar-refractivity contribution in [3.05, 3.63) is 39.9 Å². The number of hydrogen-bond acceptors (Lipinski definition) is 9. The van der Waals surface area contributed by atoms with Gasteiger partial charge >= 0.3 is 5.97 Å². The molecule has 3 aromatic heterocycles. The molecule has 0 unspecified atom stereocenters. The molecule has 0 aromatic carbocycles. The maximum Gasteiger partial charge on any atom is 0.341 e. The molecule has 4 heterocycles. The number of pyridine rings is 2. The van der Waals surface area contributed by atoms with E-state index in [1.54, 1.807) is 13.0 Å². The van der Waals surface area contributed by atoms with Gasteiger partial charge < -0.3 is 10.0 Å². The summed E-state index contributed by atoms with van der Waals surface area (Å²) in [6.45, 7) is 2.93. The number of rotatable bonds is 4. The minimum Gasteiger partial charge on any atom is -0.477 e. The van der Waals surface area contributed by atoms with Gasteiger partial charge in [0.25, 0.3) is 0 Å². The molecule has 4 rings (SSSR count). The fourth-order valence-electron chi connectivity index (χ4n) is 2.92. The van der Waals surface area contributed by atoms with Crippen LogP contribution in [-0.4, -0.2) is 49.2 Å². The van der Waals surface area contributed by atoms with Crippen molar-refractivity contribution in [2.24, 2.45) is 5.90 Å². The van der Waals surface area contributed by atoms with Crippen LogP contribution in [0.3, 0.4) is 0 Å². The van der Waals surface area contributed by atoms with Crippen molar-refractivity contribution in [1.29, 1.82) is 0 Å². The highest BCUT2D eigenvalue weighted by Crippen LogP contribution is 2.26. The number of fused-ring (bicyclic) bond motifs is 1. The van der Waals surface area contributed by atoms with Crippen molar-refractivity contribution in [3.8, 4) is 5.13 Å². The molecule has 26 heavy (non-hydrogen) atoms. The first-order valence-corrected chi connectivity index (χ1v) is 8.44. The Hall–Kier alpha value is -2.89. The zero-order chi connectivity index (χ0) is 18.4. The molecular weight excluding hydrogens is 360 g/mol. The first-order valence-electron chi connectivity index (χ1n) is 7.67. The van der Waals surface area contributed by atoms with Gasteiger partial charge in [0.1, 0.15) is 23.8 Å². The smallest absolute Gasteiger partial charge is 0.341 e. The van der Waals surface area contributed by atoms with Crippen LogP contribution in [0.2, 0.25) is 0 Å². The van der Waals surface area contributed by atoms with Crippen molar-refractivity contribution in [2.45, 2.75) is 13.0 Å². The zero-order valence-corrected chi connectivity index (χ0v) is 14.4. The van der Waals surface area contributed by atoms with Gasteiger partial charge in [-0.05, 0) is 18.6 Å². The minimum atomic E-state index is -1.30. The van der Waals surface area contributed by atoms with Crippen molar-refractivity contribution in [3.63, 3.8) is 0 Å². The standard InChI is InChI=1S/C15H14N6O4S/c1-7-2-10(20-3-8(4-20)25-16)19-13-11(7)12(22)9(14(23)24)5-21(13)15-17-6-18-26-15/h2,5-6,8H,3-4,16H2,1H3,(H,23,24). The summed E-state index contributed by atoms with van der Waals surface area (Å²) in [4.78, 5) is 39.6. The predicted molar refractivity (Wildman–Crippen MR) is 93.8 cm³/mol. The molecule has 0 spiro atoms. The van der Waals surface area contributed by atoms with Crippen LogP contribution in [0, 0.1) is 6.92 Å². The largest absolute Gasteiger partial charge is 0.477 e. The van der Waals surface area contributed by atoms with E-state index in [4.69, 9.17) is 10.7 Å². The van der Waals surface area contributed by atoms with Gasteiger partial charge in [0.05, 0.1) is 5.39 Å². The molecule has 0 aliphatic carbocycles. The van der Waals surface area contributed by atoms with Crippen LogP contribution in [0.15, 0.2) is 23.4 Å². The number of hydrogen-bond donors (Lipinski definition) is 2. The van der Waals surface area contributed by atoms with E-state index in [1.807, 2.05) is 4.90 Å². The third-order valence-electron chi connectivity index (χ3n) is 4.29. The van der Waals surface area contributed by atoms with Crippen LogP contribution in [0.25, 0.3) is 16.2 Å². The normalized spacial score (nSPS) is 14.6. The van der Waals surface area contributed by atoms with Gasteiger partial charge in [-0.3, -0.25) is 14.2 Å². The number of aromatic nitrogens is 4. The number of aryl methyl sites for hydroxylation is 1. The van der Waals surface area contributed by atoms with E-state index in [9.17, 15) is 14.7 Å². The monoisotopic (exact) mass is 374 g/mol. The number of anilines is 1. The second-order valence-corrected chi connectivity index (χ2v) is 6.69. The minimum absolute atomic E-state index is 0.0625. The maximum absolute atomic E-state index is 12.7. The van der Waals surface area contributed by atoms with Crippen LogP contribution in [-0.2, 0) is 4.84 Å². The van der Waals surface area contributed by atoms with Gasteiger partial charge in [-0.2, -0.15) is 4.37 Å². The molecule has 0 atom stereocenters. The summed E-state index contributed by atoms with van der Waals surface area (Å²) in [5.74, 6) is 4.54. The quantitative estimate of drug-likeness (QED) is 0.619. The number of carbonyl (C=O) groups is 1. The summed E-state index contributed by atoms with van der Waals surface area (Å²) >= 11 is 1.08. The van der Waals surface area contributed by atoms with E-state index in [2.05, 4.69) is 14.3 Å². The van der Waals surface area contributed by atoms with E-state index in [0.29, 0.717) is 35.2 Å². The maximum atomic E-state index is 12.7. The van der Waals surface area contributed by atoms with Gasteiger partial charge in [0.15, 0.2) is 5.65 Å². The number of carboxylic acids is 1. The van der Waals surface area contributed by atoms with Gasteiger partial charge in [0.2, 0.25) is 10.6 Å². The third-order valence-corrected chi connectivity index (χ3v) is 4.96. The Balaban J connectivity index is 1.98. The number of nitrogens with two attached hydrogens (primary N) is 1. The highest BCUT2D eigenvalue weighted by Gasteiger charge is 2.29. The van der Waals surface area contributed by atoms with Gasteiger partial charge in [-0.25, -0.2) is 20.7 Å². The van der Waals surface area contributed by atoms with Gasteiger partial charge in [-0.1, -0.05) is 0 Å². The molecule has 134 valence electrons. The van der Waals surface area contributed by atoms with Crippen LogP contribution in [0.5, 0.6) is 0 Å². The fourth-order valence-corrected chi connectivity index (χ4v) is 3.43. The predicted octanol–water partition coefficient (Wildman–Crippen LogP) is 0.323. The summed E-state index contributed by atoms with van der Waals surface area (Å²) in [5.41, 5.74) is 0.0554. The zero-order valence-electron chi connectivity index (χ0n) is 13.6. The molecule has 0 amide bonds. The molecule has 3 aromatic rings. The average molecular weight is 374 g/mol. The molecule has 1 fully saturated rings. The Bertz CT molecular complexity index is 1060. The summed E-state index contributed by atoms with van der Waals surface area (Å²) in [6.07, 6.45) is 2.54. The molecule has 11 heteroatoms. The van der Waals surface area contributed by atoms with Gasteiger partial charge in [0, 0.05) is 30.8 Å². The molecular formula is C15H14N6O4S. The van der Waals surface area contributed by atoms with Crippen LogP contribution >= 0.6 is 11.5 Å². The fraction of sp³-hybridized carbons (Fsp3) is 0.267. The summed E-state index contributed by atoms with van der Waals surface area (Å²) in [7, 11) is 0. The first-order chi connectivity index (χ1) is 12.5. The Morgan fingerprint density at radius 2 is 2.23 bits per heavy atom. The molecule has 1 aliphatic rings. The van der Waals surface area contributed by atoms with E-state index >= 15 is 0 Å². The Morgan fingerprint density at radius 1 is 1.46 bits per heavy atom.